The Morgan fingerprint density at radius 1 is 0.460 bits per heavy atom. The second kappa shape index (κ2) is 11.6. The minimum Gasteiger partial charge on any atom is -0.309 e. The molecular weight excluding hydrogens is 629 g/mol. The SMILES string of the molecule is [2H]c1cc(-c2nc(-c3cc(-c4c([2H])c([2H])c([2H])c5c4sc4c([2H])c([2H])c([2H])c([2H])c45)c([2H])cc3[2H])nc(-c3c([2H])c([2H])c([2H])c([2H])c3[2H])n2)c(-n2c3c([2H])c([2H])c([2H])c([2H])c3c3c([2H])c([2H])c([2H])c([2H])c32)cc1[2H]. The van der Waals surface area contributed by atoms with Crippen LogP contribution in [0.5, 0.6) is 0 Å². The highest BCUT2D eigenvalue weighted by atomic mass is 32.1. The molecule has 0 spiro atoms. The summed E-state index contributed by atoms with van der Waals surface area (Å²) in [5.41, 5.74) is -2.66. The molecule has 0 aliphatic heterocycles. The molecule has 0 saturated heterocycles. The molecule has 4 nitrogen and oxygen atoms in total. The van der Waals surface area contributed by atoms with Gasteiger partial charge >= 0.3 is 0 Å². The van der Waals surface area contributed by atoms with Crippen LogP contribution in [0.15, 0.2) is 169 Å². The van der Waals surface area contributed by atoms with Crippen LogP contribution in [0.4, 0.5) is 0 Å². The summed E-state index contributed by atoms with van der Waals surface area (Å²) in [7, 11) is 0. The highest BCUT2D eigenvalue weighted by Gasteiger charge is 2.19. The van der Waals surface area contributed by atoms with E-state index in [0.717, 1.165) is 34.1 Å². The lowest BCUT2D eigenvalue weighted by molar-refractivity contribution is 1.06. The van der Waals surface area contributed by atoms with Crippen LogP contribution in [0.25, 0.3) is 93.0 Å². The van der Waals surface area contributed by atoms with E-state index in [2.05, 4.69) is 15.0 Å². The van der Waals surface area contributed by atoms with Gasteiger partial charge in [-0.05, 0) is 47.5 Å². The number of nitrogens with zero attached hydrogens (tertiary/aromatic N) is 4. The Labute approximate surface area is 326 Å². The van der Waals surface area contributed by atoms with Gasteiger partial charge in [0.15, 0.2) is 17.5 Å². The normalized spacial score (nSPS) is 18.3. The van der Waals surface area contributed by atoms with E-state index in [-0.39, 0.29) is 69.9 Å². The van der Waals surface area contributed by atoms with Crippen LogP contribution in [-0.2, 0) is 0 Å². The van der Waals surface area contributed by atoms with E-state index in [1.54, 1.807) is 0 Å². The zero-order valence-corrected chi connectivity index (χ0v) is 25.8. The first kappa shape index (κ1) is 13.5. The monoisotopic (exact) mass is 680 g/mol. The number of hydrogen-bond donors (Lipinski definition) is 0. The van der Waals surface area contributed by atoms with Crippen molar-refractivity contribution in [2.24, 2.45) is 0 Å². The maximum absolute atomic E-state index is 9.20. The second-order valence-corrected chi connectivity index (χ2v) is 11.7. The highest BCUT2D eigenvalue weighted by molar-refractivity contribution is 7.26. The smallest absolute Gasteiger partial charge is 0.166 e. The highest BCUT2D eigenvalue weighted by Crippen LogP contribution is 2.41. The summed E-state index contributed by atoms with van der Waals surface area (Å²) < 4.78 is 211. The number of benzene rings is 7. The van der Waals surface area contributed by atoms with Crippen LogP contribution in [-0.4, -0.2) is 19.5 Å². The van der Waals surface area contributed by atoms with Gasteiger partial charge in [-0.3, -0.25) is 0 Å². The summed E-state index contributed by atoms with van der Waals surface area (Å²) in [6, 6.07) is -11.4. The average Bonchev–Trinajstić information content (AvgIpc) is 3.95. The molecule has 0 fully saturated rings. The van der Waals surface area contributed by atoms with Gasteiger partial charge < -0.3 is 4.57 Å². The number of hydrogen-bond acceptors (Lipinski definition) is 4. The summed E-state index contributed by atoms with van der Waals surface area (Å²) in [6.07, 6.45) is 0. The quantitative estimate of drug-likeness (QED) is 0.182. The van der Waals surface area contributed by atoms with Gasteiger partial charge in [-0.25, -0.2) is 15.0 Å². The van der Waals surface area contributed by atoms with Crippen molar-refractivity contribution in [3.63, 3.8) is 0 Å². The van der Waals surface area contributed by atoms with Crippen molar-refractivity contribution in [1.82, 2.24) is 19.5 Å². The van der Waals surface area contributed by atoms with Crippen molar-refractivity contribution >= 4 is 53.3 Å². The third kappa shape index (κ3) is 4.63. The van der Waals surface area contributed by atoms with Crippen LogP contribution in [0, 0.1) is 0 Å². The molecule has 3 heterocycles. The molecule has 5 heteroatoms. The maximum atomic E-state index is 9.20. The van der Waals surface area contributed by atoms with Gasteiger partial charge in [0, 0.05) is 47.6 Å². The van der Waals surface area contributed by atoms with E-state index < -0.39 is 168 Å². The predicted molar refractivity (Wildman–Crippen MR) is 209 cm³/mol. The molecule has 10 rings (SSSR count). The third-order valence-corrected chi connectivity index (χ3v) is 8.97. The van der Waals surface area contributed by atoms with Crippen molar-refractivity contribution in [2.75, 3.05) is 0 Å². The number of rotatable bonds is 5. The molecule has 0 unspecified atom stereocenters. The molecule has 0 radical (unpaired) electrons. The predicted octanol–water partition coefficient (Wildman–Crippen LogP) is 12.0. The third-order valence-electron chi connectivity index (χ3n) is 7.85. The summed E-state index contributed by atoms with van der Waals surface area (Å²) in [4.78, 5) is 13.7. The molecule has 3 aromatic heterocycles. The Balaban J connectivity index is 1.35. The van der Waals surface area contributed by atoms with E-state index in [1.165, 1.54) is 6.07 Å². The van der Waals surface area contributed by atoms with E-state index in [1.807, 2.05) is 0 Å². The minimum absolute atomic E-state index is 0.00218. The standard InChI is InChI=1S/C45H28N4S/c1-2-14-29(15-3-1)43-46-44(31-17-12-16-30(28-31)32-22-13-23-36-35-20-7-11-27-41(35)50-42(32)36)48-45(47-43)37-21-6-10-26-40(37)49-38-24-8-4-18-33(38)34-19-5-9-25-39(34)49/h1-28H/i1D,2D,3D,4D,5D,6D,7D,8D,9D,10D,11D,13D,14D,15D,16D,17D,18D,19D,20D,22D,23D,24D,25D,27D. The molecule has 234 valence electrons. The van der Waals surface area contributed by atoms with Crippen LogP contribution >= 0.6 is 11.3 Å². The van der Waals surface area contributed by atoms with E-state index >= 15 is 0 Å². The fourth-order valence-electron chi connectivity index (χ4n) is 5.70. The Morgan fingerprint density at radius 2 is 1.08 bits per heavy atom. The molecular formula is C45H28N4S. The maximum Gasteiger partial charge on any atom is 0.166 e. The summed E-state index contributed by atoms with van der Waals surface area (Å²) in [6.45, 7) is 0. The number of thiophene rings is 1. The van der Waals surface area contributed by atoms with Gasteiger partial charge in [-0.1, -0.05) is 133 Å². The lowest BCUT2D eigenvalue weighted by Gasteiger charge is -2.14. The molecule has 0 atom stereocenters. The molecule has 50 heavy (non-hydrogen) atoms. The van der Waals surface area contributed by atoms with Crippen LogP contribution in [0.3, 0.4) is 0 Å². The van der Waals surface area contributed by atoms with Crippen molar-refractivity contribution in [2.45, 2.75) is 0 Å². The molecule has 0 N–H and O–H groups in total. The van der Waals surface area contributed by atoms with Gasteiger partial charge in [0.25, 0.3) is 0 Å². The first-order valence-electron chi connectivity index (χ1n) is 26.7. The Morgan fingerprint density at radius 3 is 1.88 bits per heavy atom. The van der Waals surface area contributed by atoms with Crippen LogP contribution in [0.2, 0.25) is 0 Å². The van der Waals surface area contributed by atoms with Crippen molar-refractivity contribution in [1.29, 1.82) is 0 Å². The molecule has 0 bridgehead atoms. The van der Waals surface area contributed by atoms with E-state index in [0.29, 0.717) is 0 Å². The van der Waals surface area contributed by atoms with Gasteiger partial charge in [0.2, 0.25) is 0 Å². The van der Waals surface area contributed by atoms with Gasteiger partial charge in [-0.2, -0.15) is 0 Å². The number of aromatic nitrogens is 4. The first-order chi connectivity index (χ1) is 34.7. The van der Waals surface area contributed by atoms with Crippen molar-refractivity contribution in [3.8, 4) is 51.0 Å². The van der Waals surface area contributed by atoms with Crippen LogP contribution in [0.1, 0.15) is 32.9 Å². The Hall–Kier alpha value is -6.43. The molecule has 0 aliphatic carbocycles. The molecule has 0 amide bonds. The fraction of sp³-hybridized carbons (Fsp3) is 0. The molecule has 0 saturated carbocycles. The van der Waals surface area contributed by atoms with E-state index in [4.69, 9.17) is 31.5 Å². The van der Waals surface area contributed by atoms with Gasteiger partial charge in [0.1, 0.15) is 0 Å². The van der Waals surface area contributed by atoms with Crippen LogP contribution < -0.4 is 0 Å². The van der Waals surface area contributed by atoms with E-state index in [9.17, 15) is 1.37 Å². The van der Waals surface area contributed by atoms with Gasteiger partial charge in [0.05, 0.1) is 49.6 Å². The zero-order chi connectivity index (χ0) is 53.9. The number of fused-ring (bicyclic) bond motifs is 6. The summed E-state index contributed by atoms with van der Waals surface area (Å²) >= 11 is 0.788. The average molecular weight is 681 g/mol. The fourth-order valence-corrected chi connectivity index (χ4v) is 6.78. The molecule has 0 aliphatic rings. The molecule has 10 aromatic rings. The second-order valence-electron chi connectivity index (χ2n) is 10.6. The largest absolute Gasteiger partial charge is 0.309 e. The minimum atomic E-state index is -0.811. The lowest BCUT2D eigenvalue weighted by atomic mass is 10.0. The van der Waals surface area contributed by atoms with Gasteiger partial charge in [-0.15, -0.1) is 11.3 Å². The zero-order valence-electron chi connectivity index (χ0n) is 49.0. The summed E-state index contributed by atoms with van der Waals surface area (Å²) in [5.74, 6) is -1.71. The number of para-hydroxylation sites is 3. The lowest BCUT2D eigenvalue weighted by Crippen LogP contribution is -2.03. The first-order valence-corrected chi connectivity index (χ1v) is 15.5. The Kier molecular flexibility index (Phi) is 3.13. The molecule has 7 aromatic carbocycles. The topological polar surface area (TPSA) is 43.6 Å². The van der Waals surface area contributed by atoms with Crippen molar-refractivity contribution in [3.05, 3.63) is 169 Å². The Bertz CT molecular complexity index is 4160. The summed E-state index contributed by atoms with van der Waals surface area (Å²) in [5, 5.41) is -0.872. The van der Waals surface area contributed by atoms with Crippen molar-refractivity contribution < 1.29 is 32.9 Å².